The molecule has 5 atom stereocenters. The van der Waals surface area contributed by atoms with Crippen LogP contribution in [0, 0.1) is 5.41 Å². The molecule has 6 N–H and O–H groups in total. The smallest absolute Gasteiger partial charge is 0.213 e. The maximum Gasteiger partial charge on any atom is 0.213 e. The van der Waals surface area contributed by atoms with Gasteiger partial charge < -0.3 is 35.6 Å². The van der Waals surface area contributed by atoms with E-state index in [2.05, 4.69) is 26.1 Å². The van der Waals surface area contributed by atoms with Gasteiger partial charge in [-0.2, -0.15) is 0 Å². The van der Waals surface area contributed by atoms with E-state index in [4.69, 9.17) is 33.0 Å². The molecular formula is C19H29Cl2NO6. The highest BCUT2D eigenvalue weighted by Crippen LogP contribution is 2.37. The van der Waals surface area contributed by atoms with E-state index >= 15 is 0 Å². The van der Waals surface area contributed by atoms with Crippen LogP contribution in [0.3, 0.4) is 0 Å². The highest BCUT2D eigenvalue weighted by Gasteiger charge is 2.53. The van der Waals surface area contributed by atoms with Crippen molar-refractivity contribution in [1.29, 1.82) is 0 Å². The van der Waals surface area contributed by atoms with Crippen LogP contribution in [0.5, 0.6) is 0 Å². The largest absolute Gasteiger partial charge is 0.394 e. The van der Waals surface area contributed by atoms with Crippen molar-refractivity contribution in [2.24, 2.45) is 5.41 Å². The predicted molar refractivity (Wildman–Crippen MR) is 108 cm³/mol. The summed E-state index contributed by atoms with van der Waals surface area (Å²) < 4.78 is 5.17. The van der Waals surface area contributed by atoms with Crippen molar-refractivity contribution in [2.45, 2.75) is 63.8 Å². The Labute approximate surface area is 174 Å². The molecule has 0 amide bonds. The van der Waals surface area contributed by atoms with E-state index in [-0.39, 0.29) is 22.0 Å². The number of aliphatic hydroxyl groups is 5. The Balaban J connectivity index is 2.09. The second-order valence-corrected chi connectivity index (χ2v) is 9.26. The fourth-order valence-electron chi connectivity index (χ4n) is 3.07. The minimum atomic E-state index is -2.12. The van der Waals surface area contributed by atoms with Crippen LogP contribution in [0.4, 0.5) is 5.69 Å². The Morgan fingerprint density at radius 1 is 1.21 bits per heavy atom. The minimum Gasteiger partial charge on any atom is -0.394 e. The van der Waals surface area contributed by atoms with Crippen molar-refractivity contribution >= 4 is 28.9 Å². The third-order valence-corrected chi connectivity index (χ3v) is 5.43. The van der Waals surface area contributed by atoms with Gasteiger partial charge >= 0.3 is 0 Å². The Bertz CT molecular complexity index is 660. The van der Waals surface area contributed by atoms with Gasteiger partial charge in [0, 0.05) is 0 Å². The van der Waals surface area contributed by atoms with Gasteiger partial charge in [-0.05, 0) is 36.0 Å². The molecule has 9 heteroatoms. The molecule has 1 aliphatic rings. The molecule has 0 aliphatic carbocycles. The first kappa shape index (κ1) is 23.6. The van der Waals surface area contributed by atoms with Gasteiger partial charge in [0.15, 0.2) is 0 Å². The summed E-state index contributed by atoms with van der Waals surface area (Å²) in [5, 5.41) is 53.1. The fraction of sp³-hybridized carbons (Fsp3) is 0.684. The zero-order chi connectivity index (χ0) is 21.3. The van der Waals surface area contributed by atoms with E-state index in [0.717, 1.165) is 6.42 Å². The minimum absolute atomic E-state index is 0.0879. The first-order valence-corrected chi connectivity index (χ1v) is 9.91. The van der Waals surface area contributed by atoms with E-state index in [0.29, 0.717) is 17.7 Å². The molecule has 1 aliphatic heterocycles. The summed E-state index contributed by atoms with van der Waals surface area (Å²) in [5.41, 5.74) is 0.961. The Kier molecular flexibility index (Phi) is 7.61. The number of hydrogen-bond acceptors (Lipinski definition) is 7. The molecule has 1 fully saturated rings. The highest BCUT2D eigenvalue weighted by atomic mass is 35.5. The summed E-state index contributed by atoms with van der Waals surface area (Å²) in [6.45, 7) is 5.40. The Morgan fingerprint density at radius 2 is 1.79 bits per heavy atom. The third-order valence-electron chi connectivity index (χ3n) is 4.84. The molecule has 28 heavy (non-hydrogen) atoms. The van der Waals surface area contributed by atoms with Gasteiger partial charge in [-0.3, -0.25) is 0 Å². The van der Waals surface area contributed by atoms with Crippen molar-refractivity contribution in [3.05, 3.63) is 27.7 Å². The van der Waals surface area contributed by atoms with Crippen molar-refractivity contribution in [3.8, 4) is 0 Å². The monoisotopic (exact) mass is 437 g/mol. The molecule has 0 aromatic heterocycles. The lowest BCUT2D eigenvalue weighted by molar-refractivity contribution is -0.220. The summed E-state index contributed by atoms with van der Waals surface area (Å²) in [6.07, 6.45) is -3.49. The van der Waals surface area contributed by atoms with Crippen LogP contribution >= 0.6 is 23.2 Å². The second kappa shape index (κ2) is 9.02. The van der Waals surface area contributed by atoms with Gasteiger partial charge in [0.05, 0.1) is 35.0 Å². The van der Waals surface area contributed by atoms with Gasteiger partial charge in [-0.15, -0.1) is 0 Å². The molecule has 0 radical (unpaired) electrons. The molecule has 2 rings (SSSR count). The standard InChI is InChI=1S/C19H29Cl2NO6/c1-18(2,3)5-4-13(24)10-6-11(20)15(12(21)7-10)22-9-19(27)17(26)16(25)14(8-23)28-19/h6-7,13-14,16-17,22-27H,4-5,8-9H2,1-3H3/t13?,14-,16-,17+,19?/m1/s1. The van der Waals surface area contributed by atoms with E-state index < -0.39 is 36.8 Å². The quantitative estimate of drug-likeness (QED) is 0.385. The van der Waals surface area contributed by atoms with Crippen LogP contribution in [0.1, 0.15) is 45.3 Å². The summed E-state index contributed by atoms with van der Waals surface area (Å²) in [4.78, 5) is 0. The summed E-state index contributed by atoms with van der Waals surface area (Å²) in [6, 6.07) is 3.18. The number of benzene rings is 1. The van der Waals surface area contributed by atoms with E-state index in [1.807, 2.05) is 0 Å². The zero-order valence-electron chi connectivity index (χ0n) is 16.2. The summed E-state index contributed by atoms with van der Waals surface area (Å²) >= 11 is 12.6. The molecule has 0 bridgehead atoms. The third kappa shape index (κ3) is 5.49. The molecule has 1 aromatic rings. The average Bonchev–Trinajstić information content (AvgIpc) is 2.82. The number of nitrogens with one attached hydrogen (secondary N) is 1. The summed E-state index contributed by atoms with van der Waals surface area (Å²) in [5.74, 6) is -2.12. The lowest BCUT2D eigenvalue weighted by Crippen LogP contribution is -2.48. The van der Waals surface area contributed by atoms with Crippen molar-refractivity contribution in [3.63, 3.8) is 0 Å². The van der Waals surface area contributed by atoms with E-state index in [1.54, 1.807) is 12.1 Å². The number of ether oxygens (including phenoxy) is 1. The van der Waals surface area contributed by atoms with Crippen LogP contribution in [-0.4, -0.2) is 62.8 Å². The van der Waals surface area contributed by atoms with Crippen LogP contribution in [0.2, 0.25) is 10.0 Å². The molecule has 160 valence electrons. The second-order valence-electron chi connectivity index (χ2n) is 8.45. The van der Waals surface area contributed by atoms with Gasteiger partial charge in [0.25, 0.3) is 0 Å². The SMILES string of the molecule is CC(C)(C)CCC(O)c1cc(Cl)c(NCC2(O)O[C@H](CO)[C@@H](O)[C@@H]2O)c(Cl)c1. The topological polar surface area (TPSA) is 122 Å². The number of halogens is 2. The fourth-order valence-corrected chi connectivity index (χ4v) is 3.71. The zero-order valence-corrected chi connectivity index (χ0v) is 17.7. The number of hydrogen-bond donors (Lipinski definition) is 6. The molecule has 1 heterocycles. The van der Waals surface area contributed by atoms with E-state index in [1.165, 1.54) is 0 Å². The molecular weight excluding hydrogens is 409 g/mol. The molecule has 7 nitrogen and oxygen atoms in total. The van der Waals surface area contributed by atoms with Crippen LogP contribution in [-0.2, 0) is 4.74 Å². The Morgan fingerprint density at radius 3 is 2.25 bits per heavy atom. The van der Waals surface area contributed by atoms with Crippen molar-refractivity contribution in [2.75, 3.05) is 18.5 Å². The van der Waals surface area contributed by atoms with Gasteiger partial charge in [-0.25, -0.2) is 0 Å². The Hall–Kier alpha value is -0.640. The van der Waals surface area contributed by atoms with Crippen molar-refractivity contribution in [1.82, 2.24) is 0 Å². The lowest BCUT2D eigenvalue weighted by atomic mass is 9.88. The lowest BCUT2D eigenvalue weighted by Gasteiger charge is -2.27. The number of rotatable bonds is 7. The van der Waals surface area contributed by atoms with Gasteiger partial charge in [0.2, 0.25) is 5.79 Å². The highest BCUT2D eigenvalue weighted by molar-refractivity contribution is 6.39. The van der Waals surface area contributed by atoms with Gasteiger partial charge in [0.1, 0.15) is 18.3 Å². The molecule has 1 saturated heterocycles. The molecule has 0 spiro atoms. The van der Waals surface area contributed by atoms with Crippen LogP contribution in [0.25, 0.3) is 0 Å². The van der Waals surface area contributed by atoms with Gasteiger partial charge in [-0.1, -0.05) is 44.0 Å². The number of anilines is 1. The molecule has 0 saturated carbocycles. The van der Waals surface area contributed by atoms with E-state index in [9.17, 15) is 20.4 Å². The molecule has 2 unspecified atom stereocenters. The normalized spacial score (nSPS) is 29.1. The van der Waals surface area contributed by atoms with Crippen molar-refractivity contribution < 1.29 is 30.3 Å². The van der Waals surface area contributed by atoms with Crippen LogP contribution in [0.15, 0.2) is 12.1 Å². The van der Waals surface area contributed by atoms with Crippen LogP contribution < -0.4 is 5.32 Å². The predicted octanol–water partition coefficient (Wildman–Crippen LogP) is 2.07. The molecule has 1 aromatic carbocycles. The first-order chi connectivity index (χ1) is 12.9. The maximum atomic E-state index is 10.4. The first-order valence-electron chi connectivity index (χ1n) is 9.16. The average molecular weight is 438 g/mol. The summed E-state index contributed by atoms with van der Waals surface area (Å²) in [7, 11) is 0. The number of aliphatic hydroxyl groups excluding tert-OH is 4. The maximum absolute atomic E-state index is 10.4.